The van der Waals surface area contributed by atoms with Crippen LogP contribution in [-0.4, -0.2) is 36.1 Å². The highest BCUT2D eigenvalue weighted by molar-refractivity contribution is 7.18. The second kappa shape index (κ2) is 5.67. The van der Waals surface area contributed by atoms with Gasteiger partial charge in [-0.1, -0.05) is 0 Å². The van der Waals surface area contributed by atoms with Gasteiger partial charge in [0.15, 0.2) is 0 Å². The van der Waals surface area contributed by atoms with Crippen molar-refractivity contribution >= 4 is 28.3 Å². The molecule has 1 N–H and O–H groups in total. The minimum absolute atomic E-state index is 0.0427. The Kier molecular flexibility index (Phi) is 3.89. The Labute approximate surface area is 128 Å². The van der Waals surface area contributed by atoms with Crippen molar-refractivity contribution in [2.45, 2.75) is 39.2 Å². The maximum absolute atomic E-state index is 12.3. The molecule has 3 rings (SSSR count). The lowest BCUT2D eigenvalue weighted by atomic mass is 10.1. The predicted molar refractivity (Wildman–Crippen MR) is 81.9 cm³/mol. The number of carbonyl (C=O) groups is 2. The van der Waals surface area contributed by atoms with E-state index in [0.717, 1.165) is 24.9 Å². The van der Waals surface area contributed by atoms with E-state index in [1.807, 2.05) is 17.9 Å². The average Bonchev–Trinajstić information content (AvgIpc) is 3.14. The molecule has 114 valence electrons. The number of urea groups is 1. The van der Waals surface area contributed by atoms with Crippen LogP contribution in [0.1, 0.15) is 41.4 Å². The molecular formula is C15H20N2O3S. The zero-order chi connectivity index (χ0) is 15.0. The minimum Gasteiger partial charge on any atom is -0.462 e. The number of fused-ring (bicyclic) bond motifs is 2. The first kappa shape index (κ1) is 14.4. The number of carbonyl (C=O) groups excluding carboxylic acids is 2. The number of likely N-dealkylation sites (tertiary alicyclic amines) is 1. The van der Waals surface area contributed by atoms with E-state index in [0.29, 0.717) is 28.4 Å². The van der Waals surface area contributed by atoms with Gasteiger partial charge in [-0.2, -0.15) is 0 Å². The molecule has 2 heterocycles. The van der Waals surface area contributed by atoms with Gasteiger partial charge in [0, 0.05) is 12.6 Å². The van der Waals surface area contributed by atoms with Crippen LogP contribution in [0.2, 0.25) is 0 Å². The van der Waals surface area contributed by atoms with Crippen LogP contribution < -0.4 is 5.32 Å². The first-order valence-electron chi connectivity index (χ1n) is 7.43. The summed E-state index contributed by atoms with van der Waals surface area (Å²) < 4.78 is 5.02. The van der Waals surface area contributed by atoms with Gasteiger partial charge < -0.3 is 9.64 Å². The van der Waals surface area contributed by atoms with Crippen LogP contribution in [0.3, 0.4) is 0 Å². The third kappa shape index (κ3) is 2.77. The molecule has 1 saturated carbocycles. The Morgan fingerprint density at radius 3 is 2.90 bits per heavy atom. The molecule has 21 heavy (non-hydrogen) atoms. The SMILES string of the molecule is CCOC(=O)c1sc(NC(=O)N2CC3CCC2C3)cc1C. The molecule has 2 unspecified atom stereocenters. The number of amides is 2. The maximum Gasteiger partial charge on any atom is 0.348 e. The minimum atomic E-state index is -0.319. The predicted octanol–water partition coefficient (Wildman–Crippen LogP) is 3.25. The van der Waals surface area contributed by atoms with Gasteiger partial charge in [-0.15, -0.1) is 11.3 Å². The van der Waals surface area contributed by atoms with E-state index in [1.165, 1.54) is 17.8 Å². The van der Waals surface area contributed by atoms with Gasteiger partial charge in [0.05, 0.1) is 11.6 Å². The number of anilines is 1. The molecule has 1 aromatic rings. The topological polar surface area (TPSA) is 58.6 Å². The molecule has 1 aliphatic heterocycles. The number of esters is 1. The molecule has 2 atom stereocenters. The molecular weight excluding hydrogens is 288 g/mol. The van der Waals surface area contributed by atoms with Crippen LogP contribution in [-0.2, 0) is 4.74 Å². The summed E-state index contributed by atoms with van der Waals surface area (Å²) in [5, 5.41) is 3.64. The van der Waals surface area contributed by atoms with Crippen molar-refractivity contribution in [1.29, 1.82) is 0 Å². The Bertz CT molecular complexity index is 569. The van der Waals surface area contributed by atoms with Gasteiger partial charge in [0.25, 0.3) is 0 Å². The monoisotopic (exact) mass is 308 g/mol. The standard InChI is InChI=1S/C15H20N2O3S/c1-3-20-14(18)13-9(2)6-12(21-13)16-15(19)17-8-10-4-5-11(17)7-10/h6,10-11H,3-5,7-8H2,1-2H3,(H,16,19). The number of ether oxygens (including phenoxy) is 1. The van der Waals surface area contributed by atoms with Crippen LogP contribution in [0.5, 0.6) is 0 Å². The summed E-state index contributed by atoms with van der Waals surface area (Å²) in [5.74, 6) is 0.363. The van der Waals surface area contributed by atoms with Gasteiger partial charge in [0.2, 0.25) is 0 Å². The molecule has 2 bridgehead atoms. The fourth-order valence-electron chi connectivity index (χ4n) is 3.29. The maximum atomic E-state index is 12.3. The van der Waals surface area contributed by atoms with Gasteiger partial charge in [-0.3, -0.25) is 5.32 Å². The molecule has 0 radical (unpaired) electrons. The lowest BCUT2D eigenvalue weighted by molar-refractivity contribution is 0.0531. The Morgan fingerprint density at radius 2 is 2.29 bits per heavy atom. The van der Waals surface area contributed by atoms with Crippen molar-refractivity contribution in [2.75, 3.05) is 18.5 Å². The van der Waals surface area contributed by atoms with E-state index >= 15 is 0 Å². The molecule has 1 aliphatic carbocycles. The number of nitrogens with zero attached hydrogens (tertiary/aromatic N) is 1. The number of rotatable bonds is 3. The van der Waals surface area contributed by atoms with Crippen molar-refractivity contribution in [3.63, 3.8) is 0 Å². The molecule has 0 aromatic carbocycles. The zero-order valence-electron chi connectivity index (χ0n) is 12.3. The summed E-state index contributed by atoms with van der Waals surface area (Å²) in [6, 6.07) is 2.20. The highest BCUT2D eigenvalue weighted by Gasteiger charge is 2.40. The van der Waals surface area contributed by atoms with E-state index in [1.54, 1.807) is 6.92 Å². The molecule has 0 spiro atoms. The van der Waals surface area contributed by atoms with Crippen molar-refractivity contribution in [3.8, 4) is 0 Å². The van der Waals surface area contributed by atoms with Gasteiger partial charge >= 0.3 is 12.0 Å². The average molecular weight is 308 g/mol. The molecule has 5 nitrogen and oxygen atoms in total. The summed E-state index contributed by atoms with van der Waals surface area (Å²) in [5.41, 5.74) is 0.844. The summed E-state index contributed by atoms with van der Waals surface area (Å²) in [4.78, 5) is 26.6. The molecule has 2 amide bonds. The fraction of sp³-hybridized carbons (Fsp3) is 0.600. The second-order valence-corrected chi connectivity index (χ2v) is 6.81. The van der Waals surface area contributed by atoms with Gasteiger partial charge in [-0.25, -0.2) is 9.59 Å². The van der Waals surface area contributed by atoms with Gasteiger partial charge in [-0.05, 0) is 50.7 Å². The molecule has 1 aromatic heterocycles. The quantitative estimate of drug-likeness (QED) is 0.872. The molecule has 2 fully saturated rings. The van der Waals surface area contributed by atoms with Gasteiger partial charge in [0.1, 0.15) is 4.88 Å². The van der Waals surface area contributed by atoms with Crippen molar-refractivity contribution in [1.82, 2.24) is 4.90 Å². The summed E-state index contributed by atoms with van der Waals surface area (Å²) in [6.45, 7) is 4.86. The number of thiophene rings is 1. The van der Waals surface area contributed by atoms with Crippen molar-refractivity contribution in [3.05, 3.63) is 16.5 Å². The zero-order valence-corrected chi connectivity index (χ0v) is 13.2. The Hall–Kier alpha value is -1.56. The summed E-state index contributed by atoms with van der Waals surface area (Å²) in [6.07, 6.45) is 3.51. The van der Waals surface area contributed by atoms with Crippen LogP contribution in [0.15, 0.2) is 6.07 Å². The summed E-state index contributed by atoms with van der Waals surface area (Å²) in [7, 11) is 0. The fourth-order valence-corrected chi connectivity index (χ4v) is 4.25. The second-order valence-electron chi connectivity index (χ2n) is 5.76. The van der Waals surface area contributed by atoms with E-state index in [2.05, 4.69) is 5.32 Å². The normalized spacial score (nSPS) is 23.4. The number of piperidine rings is 1. The van der Waals surface area contributed by atoms with E-state index in [-0.39, 0.29) is 12.0 Å². The molecule has 1 saturated heterocycles. The number of hydrogen-bond donors (Lipinski definition) is 1. The highest BCUT2D eigenvalue weighted by atomic mass is 32.1. The first-order valence-corrected chi connectivity index (χ1v) is 8.25. The van der Waals surface area contributed by atoms with E-state index < -0.39 is 0 Å². The molecule has 2 aliphatic rings. The number of aryl methyl sites for hydroxylation is 1. The van der Waals surface area contributed by atoms with Crippen LogP contribution in [0.4, 0.5) is 9.80 Å². The third-order valence-corrected chi connectivity index (χ3v) is 5.41. The number of nitrogens with one attached hydrogen (secondary N) is 1. The summed E-state index contributed by atoms with van der Waals surface area (Å²) >= 11 is 1.28. The van der Waals surface area contributed by atoms with Crippen molar-refractivity contribution < 1.29 is 14.3 Å². The third-order valence-electron chi connectivity index (χ3n) is 4.28. The Balaban J connectivity index is 1.66. The van der Waals surface area contributed by atoms with Crippen LogP contribution >= 0.6 is 11.3 Å². The molecule has 6 heteroatoms. The lowest BCUT2D eigenvalue weighted by Crippen LogP contribution is -2.40. The first-order chi connectivity index (χ1) is 10.1. The van der Waals surface area contributed by atoms with Crippen LogP contribution in [0.25, 0.3) is 0 Å². The van der Waals surface area contributed by atoms with E-state index in [9.17, 15) is 9.59 Å². The number of hydrogen-bond acceptors (Lipinski definition) is 4. The largest absolute Gasteiger partial charge is 0.462 e. The lowest BCUT2D eigenvalue weighted by Gasteiger charge is -2.26. The van der Waals surface area contributed by atoms with E-state index in [4.69, 9.17) is 4.74 Å². The highest BCUT2D eigenvalue weighted by Crippen LogP contribution is 2.38. The van der Waals surface area contributed by atoms with Crippen molar-refractivity contribution in [2.24, 2.45) is 5.92 Å². The van der Waals surface area contributed by atoms with Crippen LogP contribution in [0, 0.1) is 12.8 Å². The smallest absolute Gasteiger partial charge is 0.348 e. The Morgan fingerprint density at radius 1 is 1.48 bits per heavy atom.